The summed E-state index contributed by atoms with van der Waals surface area (Å²) < 4.78 is 44.4. The third-order valence-corrected chi connectivity index (χ3v) is 11.4. The van der Waals surface area contributed by atoms with Crippen molar-refractivity contribution < 1.29 is 27.9 Å². The number of rotatable bonds is 6. The number of anilines is 1. The van der Waals surface area contributed by atoms with Crippen LogP contribution in [0.2, 0.25) is 5.02 Å². The van der Waals surface area contributed by atoms with Crippen LogP contribution in [0.4, 0.5) is 18.9 Å². The normalized spacial score (nSPS) is 18.3. The van der Waals surface area contributed by atoms with E-state index in [0.717, 1.165) is 29.3 Å². The number of amides is 2. The van der Waals surface area contributed by atoms with Gasteiger partial charge >= 0.3 is 6.18 Å². The number of halogens is 4. The van der Waals surface area contributed by atoms with Crippen molar-refractivity contribution in [2.75, 3.05) is 18.4 Å². The molecule has 5 heterocycles. The van der Waals surface area contributed by atoms with Crippen molar-refractivity contribution in [1.29, 1.82) is 0 Å². The molecule has 4 aromatic heterocycles. The number of nitrogens with one attached hydrogen (secondary N) is 1. The number of carbonyl (C=O) groups excluding carboxylic acids is 2. The Morgan fingerprint density at radius 2 is 1.80 bits per heavy atom. The Hall–Kier alpha value is -6.36. The lowest BCUT2D eigenvalue weighted by atomic mass is 9.71. The Bertz CT molecular complexity index is 2700. The minimum absolute atomic E-state index is 0.0234. The van der Waals surface area contributed by atoms with Crippen LogP contribution < -0.4 is 10.9 Å². The van der Waals surface area contributed by atoms with Crippen LogP contribution in [0.1, 0.15) is 46.1 Å². The number of aromatic nitrogens is 8. The summed E-state index contributed by atoms with van der Waals surface area (Å²) in [5.41, 5.74) is 1.06. The van der Waals surface area contributed by atoms with Gasteiger partial charge in [-0.05, 0) is 43.2 Å². The average Bonchev–Trinajstić information content (AvgIpc) is 3.48. The molecule has 1 aliphatic heterocycles. The number of piperidine rings is 1. The zero-order chi connectivity index (χ0) is 39.3. The van der Waals surface area contributed by atoms with Gasteiger partial charge in [0.15, 0.2) is 17.3 Å². The van der Waals surface area contributed by atoms with Crippen LogP contribution in [0.25, 0.3) is 28.6 Å². The summed E-state index contributed by atoms with van der Waals surface area (Å²) in [6.07, 6.45) is -0.977. The molecule has 1 saturated heterocycles. The van der Waals surface area contributed by atoms with Crippen molar-refractivity contribution >= 4 is 34.9 Å². The van der Waals surface area contributed by atoms with Gasteiger partial charge in [0.25, 0.3) is 11.5 Å². The van der Waals surface area contributed by atoms with E-state index in [9.17, 15) is 32.7 Å². The summed E-state index contributed by atoms with van der Waals surface area (Å²) in [7, 11) is 1.77. The standard InChI is InChI=1S/C38H30ClF3N10O4/c1-19-27-28(19)37(11-14-50(15-12-37)35(56)30-25(53)4-3-13-43-30)29-31(27)51(17-26(54)46-24-10-9-22(16-23(24)39)38(40,41)42)36-47-32(48-52(36)34(29)55)20-5-7-21(8-6-20)33-44-18-45-49(33)2/h3-10,13,16,18,27-28,53H,1,11-12,14-15,17H2,2H3,(H,46,54)/t27-,28+/m0/s1. The third kappa shape index (κ3) is 5.47. The molecule has 0 radical (unpaired) electrons. The number of allylic oxidation sites excluding steroid dienone is 1. The predicted molar refractivity (Wildman–Crippen MR) is 196 cm³/mol. The van der Waals surface area contributed by atoms with E-state index in [0.29, 0.717) is 35.5 Å². The van der Waals surface area contributed by atoms with E-state index in [-0.39, 0.29) is 65.2 Å². The topological polar surface area (TPSA) is 165 Å². The van der Waals surface area contributed by atoms with E-state index in [1.54, 1.807) is 33.3 Å². The van der Waals surface area contributed by atoms with Gasteiger partial charge in [-0.1, -0.05) is 48.0 Å². The van der Waals surface area contributed by atoms with Crippen molar-refractivity contribution in [2.45, 2.75) is 36.9 Å². The Labute approximate surface area is 319 Å². The van der Waals surface area contributed by atoms with E-state index >= 15 is 0 Å². The number of fused-ring (bicyclic) bond motifs is 6. The van der Waals surface area contributed by atoms with Crippen molar-refractivity contribution in [1.82, 2.24) is 43.8 Å². The highest BCUT2D eigenvalue weighted by Crippen LogP contribution is 2.70. The molecule has 3 aliphatic rings. The first-order chi connectivity index (χ1) is 26.8. The fourth-order valence-corrected chi connectivity index (χ4v) is 8.68. The van der Waals surface area contributed by atoms with Crippen molar-refractivity contribution in [3.8, 4) is 28.5 Å². The molecule has 1 spiro atoms. The summed E-state index contributed by atoms with van der Waals surface area (Å²) in [6, 6.07) is 12.8. The van der Waals surface area contributed by atoms with Crippen molar-refractivity contribution in [3.63, 3.8) is 0 Å². The van der Waals surface area contributed by atoms with Crippen molar-refractivity contribution in [3.05, 3.63) is 117 Å². The molecule has 6 aromatic rings. The van der Waals surface area contributed by atoms with E-state index in [4.69, 9.17) is 16.6 Å². The second-order valence-electron chi connectivity index (χ2n) is 14.2. The number of nitrogens with zero attached hydrogens (tertiary/aromatic N) is 9. The van der Waals surface area contributed by atoms with Crippen LogP contribution in [-0.2, 0) is 30.0 Å². The van der Waals surface area contributed by atoms with E-state index in [1.165, 1.54) is 29.2 Å². The number of likely N-dealkylation sites (tertiary alicyclic amines) is 1. The van der Waals surface area contributed by atoms with E-state index < -0.39 is 34.5 Å². The van der Waals surface area contributed by atoms with Crippen LogP contribution in [-0.4, -0.2) is 73.8 Å². The number of pyridine rings is 1. The molecule has 14 nitrogen and oxygen atoms in total. The lowest BCUT2D eigenvalue weighted by Gasteiger charge is -2.41. The number of carbonyl (C=O) groups is 2. The highest BCUT2D eigenvalue weighted by Gasteiger charge is 2.67. The summed E-state index contributed by atoms with van der Waals surface area (Å²) in [5, 5.41) is 21.4. The lowest BCUT2D eigenvalue weighted by molar-refractivity contribution is -0.137. The molecular weight excluding hydrogens is 753 g/mol. The molecule has 1 saturated carbocycles. The number of hydrogen-bond acceptors (Lipinski definition) is 9. The Morgan fingerprint density at radius 3 is 2.46 bits per heavy atom. The molecule has 0 unspecified atom stereocenters. The maximum atomic E-state index is 14.7. The molecular formula is C38H30ClF3N10O4. The predicted octanol–water partition coefficient (Wildman–Crippen LogP) is 5.22. The lowest BCUT2D eigenvalue weighted by Crippen LogP contribution is -2.48. The highest BCUT2D eigenvalue weighted by molar-refractivity contribution is 6.33. The minimum atomic E-state index is -4.63. The monoisotopic (exact) mass is 782 g/mol. The first-order valence-corrected chi connectivity index (χ1v) is 17.9. The zero-order valence-electron chi connectivity index (χ0n) is 29.5. The molecule has 2 atom stereocenters. The van der Waals surface area contributed by atoms with Crippen LogP contribution in [0.3, 0.4) is 0 Å². The second-order valence-corrected chi connectivity index (χ2v) is 14.6. The molecule has 18 heteroatoms. The molecule has 56 heavy (non-hydrogen) atoms. The molecule has 9 rings (SSSR count). The molecule has 2 N–H and O–H groups in total. The van der Waals surface area contributed by atoms with Crippen LogP contribution in [0.5, 0.6) is 5.75 Å². The van der Waals surface area contributed by atoms with Gasteiger partial charge in [-0.15, -0.1) is 5.10 Å². The van der Waals surface area contributed by atoms with Gasteiger partial charge in [0.1, 0.15) is 18.6 Å². The number of hydrogen-bond donors (Lipinski definition) is 2. The molecule has 2 aliphatic carbocycles. The molecule has 2 aromatic carbocycles. The van der Waals surface area contributed by atoms with Crippen LogP contribution >= 0.6 is 11.6 Å². The molecule has 2 fully saturated rings. The van der Waals surface area contributed by atoms with Gasteiger partial charge in [-0.3, -0.25) is 14.4 Å². The number of aryl methyl sites for hydroxylation is 1. The fraction of sp³-hybridized carbons (Fsp3) is 0.263. The summed E-state index contributed by atoms with van der Waals surface area (Å²) in [4.78, 5) is 56.6. The van der Waals surface area contributed by atoms with Gasteiger partial charge in [0, 0.05) is 66.0 Å². The number of aromatic hydroxyl groups is 1. The van der Waals surface area contributed by atoms with Gasteiger partial charge in [0.2, 0.25) is 11.7 Å². The molecule has 284 valence electrons. The highest BCUT2D eigenvalue weighted by atomic mass is 35.5. The van der Waals surface area contributed by atoms with Gasteiger partial charge in [-0.2, -0.15) is 27.8 Å². The van der Waals surface area contributed by atoms with Gasteiger partial charge in [0.05, 0.1) is 16.3 Å². The molecule has 0 bridgehead atoms. The summed E-state index contributed by atoms with van der Waals surface area (Å²) in [5.74, 6) is -0.789. The molecule has 2 amide bonds. The largest absolute Gasteiger partial charge is 0.505 e. The Morgan fingerprint density at radius 1 is 1.07 bits per heavy atom. The van der Waals surface area contributed by atoms with Crippen LogP contribution in [0, 0.1) is 5.92 Å². The first-order valence-electron chi connectivity index (χ1n) is 17.5. The SMILES string of the molecule is C=C1[C@@H]2c3c(c(=O)n4nc(-c5ccc(-c6ncnn6C)cc5)nc4n3CC(=O)Nc3ccc(C(F)(F)F)cc3Cl)C3(CCN(C(=O)c4ncccc4O)CC3)[C@H]12. The average molecular weight is 783 g/mol. The number of benzene rings is 2. The van der Waals surface area contributed by atoms with Crippen molar-refractivity contribution in [2.24, 2.45) is 13.0 Å². The maximum Gasteiger partial charge on any atom is 0.416 e. The van der Waals surface area contributed by atoms with E-state index in [2.05, 4.69) is 32.1 Å². The summed E-state index contributed by atoms with van der Waals surface area (Å²) >= 11 is 6.19. The van der Waals surface area contributed by atoms with Gasteiger partial charge < -0.3 is 19.9 Å². The minimum Gasteiger partial charge on any atom is -0.505 e. The second kappa shape index (κ2) is 12.6. The fourth-order valence-electron chi connectivity index (χ4n) is 8.45. The maximum absolute atomic E-state index is 14.7. The first kappa shape index (κ1) is 35.3. The summed E-state index contributed by atoms with van der Waals surface area (Å²) in [6.45, 7) is 4.47. The van der Waals surface area contributed by atoms with Crippen LogP contribution in [0.15, 0.2) is 84.1 Å². The Kier molecular flexibility index (Phi) is 7.95. The number of alkyl halides is 3. The zero-order valence-corrected chi connectivity index (χ0v) is 30.2. The van der Waals surface area contributed by atoms with E-state index in [1.807, 2.05) is 12.1 Å². The third-order valence-electron chi connectivity index (χ3n) is 11.1. The smallest absolute Gasteiger partial charge is 0.416 e. The van der Waals surface area contributed by atoms with Gasteiger partial charge in [-0.25, -0.2) is 14.6 Å². The Balaban J connectivity index is 1.12. The quantitative estimate of drug-likeness (QED) is 0.216.